The second kappa shape index (κ2) is 4.83. The number of nitrogens with zero attached hydrogens (tertiary/aromatic N) is 2. The third-order valence-corrected chi connectivity index (χ3v) is 4.53. The highest BCUT2D eigenvalue weighted by molar-refractivity contribution is 6.22. The highest BCUT2D eigenvalue weighted by atomic mass is 16.1. The minimum absolute atomic E-state index is 0.0841. The van der Waals surface area contributed by atoms with Crippen molar-refractivity contribution in [3.8, 4) is 22.4 Å². The minimum Gasteiger partial charge on any atom is -0.289 e. The Morgan fingerprint density at radius 3 is 2.42 bits per heavy atom. The Hall–Kier alpha value is -3.33. The van der Waals surface area contributed by atoms with Crippen LogP contribution in [-0.2, 0) is 0 Å². The van der Waals surface area contributed by atoms with Crippen molar-refractivity contribution >= 4 is 16.7 Å². The molecule has 2 aromatic carbocycles. The zero-order valence-electron chi connectivity index (χ0n) is 12.7. The molecule has 0 saturated heterocycles. The van der Waals surface area contributed by atoms with Gasteiger partial charge in [0.2, 0.25) is 0 Å². The van der Waals surface area contributed by atoms with Gasteiger partial charge >= 0.3 is 0 Å². The summed E-state index contributed by atoms with van der Waals surface area (Å²) in [4.78, 5) is 21.6. The van der Waals surface area contributed by atoms with Gasteiger partial charge in [-0.05, 0) is 35.4 Å². The Morgan fingerprint density at radius 1 is 0.667 bits per heavy atom. The van der Waals surface area contributed by atoms with Crippen LogP contribution in [0.4, 0.5) is 0 Å². The Bertz CT molecular complexity index is 1130. The molecule has 1 aliphatic rings. The number of carbonyl (C=O) groups excluding carboxylic acids is 1. The van der Waals surface area contributed by atoms with Crippen LogP contribution >= 0.6 is 0 Å². The lowest BCUT2D eigenvalue weighted by atomic mass is 10.00. The molecule has 4 aromatic rings. The number of rotatable bonds is 1. The molecule has 0 aliphatic heterocycles. The van der Waals surface area contributed by atoms with Gasteiger partial charge in [-0.15, -0.1) is 0 Å². The van der Waals surface area contributed by atoms with Gasteiger partial charge in [-0.25, -0.2) is 0 Å². The van der Waals surface area contributed by atoms with Crippen LogP contribution in [0, 0.1) is 0 Å². The fraction of sp³-hybridized carbons (Fsp3) is 0. The summed E-state index contributed by atoms with van der Waals surface area (Å²) < 4.78 is 0. The van der Waals surface area contributed by atoms with Crippen molar-refractivity contribution in [3.05, 3.63) is 84.2 Å². The Labute approximate surface area is 138 Å². The summed E-state index contributed by atoms with van der Waals surface area (Å²) in [6, 6.07) is 19.6. The number of aromatic nitrogens is 2. The lowest BCUT2D eigenvalue weighted by Crippen LogP contribution is -1.96. The summed E-state index contributed by atoms with van der Waals surface area (Å²) in [5.74, 6) is 0.0841. The maximum Gasteiger partial charge on any atom is 0.194 e. The van der Waals surface area contributed by atoms with Crippen LogP contribution in [-0.4, -0.2) is 15.8 Å². The molecule has 1 aliphatic carbocycles. The van der Waals surface area contributed by atoms with Gasteiger partial charge < -0.3 is 0 Å². The van der Waals surface area contributed by atoms with Gasteiger partial charge in [-0.3, -0.25) is 14.8 Å². The molecule has 2 heterocycles. The second-order valence-electron chi connectivity index (χ2n) is 5.86. The van der Waals surface area contributed by atoms with Crippen molar-refractivity contribution in [1.29, 1.82) is 0 Å². The first-order chi connectivity index (χ1) is 11.8. The van der Waals surface area contributed by atoms with Gasteiger partial charge in [0.25, 0.3) is 0 Å². The number of fused-ring (bicyclic) bond motifs is 4. The van der Waals surface area contributed by atoms with Crippen LogP contribution < -0.4 is 0 Å². The van der Waals surface area contributed by atoms with E-state index in [4.69, 9.17) is 0 Å². The van der Waals surface area contributed by atoms with E-state index < -0.39 is 0 Å². The second-order valence-corrected chi connectivity index (χ2v) is 5.86. The van der Waals surface area contributed by atoms with Crippen LogP contribution in [0.15, 0.2) is 73.1 Å². The molecule has 0 fully saturated rings. The molecule has 24 heavy (non-hydrogen) atoms. The number of pyridine rings is 2. The summed E-state index contributed by atoms with van der Waals surface area (Å²) >= 11 is 0. The van der Waals surface area contributed by atoms with Crippen molar-refractivity contribution in [2.45, 2.75) is 0 Å². The van der Waals surface area contributed by atoms with Gasteiger partial charge in [0.1, 0.15) is 0 Å². The molecular formula is C21H12N2O. The van der Waals surface area contributed by atoms with E-state index in [2.05, 4.69) is 9.97 Å². The van der Waals surface area contributed by atoms with Gasteiger partial charge in [-0.2, -0.15) is 0 Å². The Kier molecular flexibility index (Phi) is 2.65. The first-order valence-corrected chi connectivity index (χ1v) is 7.81. The molecule has 2 aromatic heterocycles. The summed E-state index contributed by atoms with van der Waals surface area (Å²) in [6.07, 6.45) is 3.53. The third kappa shape index (κ3) is 1.75. The molecule has 0 atom stereocenters. The standard InChI is InChI=1S/C21H12N2O/c24-21-16-5-2-1-4-14(16)15-8-7-13(12-18(15)21)20-17-6-3-10-22-19(17)9-11-23-20/h1-12H. The van der Waals surface area contributed by atoms with E-state index in [1.165, 1.54) is 0 Å². The molecule has 0 N–H and O–H groups in total. The van der Waals surface area contributed by atoms with Gasteiger partial charge in [0, 0.05) is 34.5 Å². The van der Waals surface area contributed by atoms with Gasteiger partial charge in [0.05, 0.1) is 11.2 Å². The zero-order chi connectivity index (χ0) is 16.1. The fourth-order valence-corrected chi connectivity index (χ4v) is 3.41. The summed E-state index contributed by atoms with van der Waals surface area (Å²) in [5, 5.41) is 0.989. The molecule has 3 nitrogen and oxygen atoms in total. The van der Waals surface area contributed by atoms with Crippen LogP contribution in [0.5, 0.6) is 0 Å². The molecule has 0 saturated carbocycles. The predicted molar refractivity (Wildman–Crippen MR) is 93.8 cm³/mol. The monoisotopic (exact) mass is 308 g/mol. The molecule has 0 spiro atoms. The average molecular weight is 308 g/mol. The van der Waals surface area contributed by atoms with Crippen LogP contribution in [0.3, 0.4) is 0 Å². The molecule has 5 rings (SSSR count). The molecule has 0 amide bonds. The molecule has 0 radical (unpaired) electrons. The Balaban J connectivity index is 1.74. The highest BCUT2D eigenvalue weighted by Gasteiger charge is 2.26. The molecule has 0 bridgehead atoms. The van der Waals surface area contributed by atoms with Crippen LogP contribution in [0.1, 0.15) is 15.9 Å². The number of carbonyl (C=O) groups is 1. The highest BCUT2D eigenvalue weighted by Crippen LogP contribution is 2.38. The summed E-state index contributed by atoms with van der Waals surface area (Å²) in [6.45, 7) is 0. The van der Waals surface area contributed by atoms with Crippen LogP contribution in [0.2, 0.25) is 0 Å². The van der Waals surface area contributed by atoms with Gasteiger partial charge in [0.15, 0.2) is 5.78 Å². The minimum atomic E-state index is 0.0841. The first kappa shape index (κ1) is 13.1. The lowest BCUT2D eigenvalue weighted by molar-refractivity contribution is 0.104. The lowest BCUT2D eigenvalue weighted by Gasteiger charge is -2.07. The number of benzene rings is 2. The maximum atomic E-state index is 12.7. The quantitative estimate of drug-likeness (QED) is 0.457. The van der Waals surface area contributed by atoms with E-state index in [1.807, 2.05) is 60.7 Å². The number of hydrogen-bond acceptors (Lipinski definition) is 3. The van der Waals surface area contributed by atoms with Crippen molar-refractivity contribution in [1.82, 2.24) is 9.97 Å². The third-order valence-electron chi connectivity index (χ3n) is 4.53. The summed E-state index contributed by atoms with van der Waals surface area (Å²) in [5.41, 5.74) is 6.22. The molecule has 0 unspecified atom stereocenters. The summed E-state index contributed by atoms with van der Waals surface area (Å²) in [7, 11) is 0. The van der Waals surface area contributed by atoms with E-state index >= 15 is 0 Å². The van der Waals surface area contributed by atoms with E-state index in [0.29, 0.717) is 0 Å². The van der Waals surface area contributed by atoms with Crippen molar-refractivity contribution in [2.24, 2.45) is 0 Å². The smallest absolute Gasteiger partial charge is 0.194 e. The van der Waals surface area contributed by atoms with E-state index in [1.54, 1.807) is 12.4 Å². The largest absolute Gasteiger partial charge is 0.289 e. The number of hydrogen-bond donors (Lipinski definition) is 0. The predicted octanol–water partition coefficient (Wildman–Crippen LogP) is 4.51. The van der Waals surface area contributed by atoms with E-state index in [-0.39, 0.29) is 5.78 Å². The van der Waals surface area contributed by atoms with Crippen molar-refractivity contribution < 1.29 is 4.79 Å². The zero-order valence-corrected chi connectivity index (χ0v) is 12.7. The SMILES string of the molecule is O=C1c2ccccc2-c2ccc(-c3nccc4ncccc34)cc21. The Morgan fingerprint density at radius 2 is 1.50 bits per heavy atom. The van der Waals surface area contributed by atoms with Crippen LogP contribution in [0.25, 0.3) is 33.3 Å². The normalized spacial score (nSPS) is 12.2. The van der Waals surface area contributed by atoms with Crippen molar-refractivity contribution in [2.75, 3.05) is 0 Å². The topological polar surface area (TPSA) is 42.9 Å². The van der Waals surface area contributed by atoms with E-state index in [9.17, 15) is 4.79 Å². The molecule has 3 heteroatoms. The molecular weight excluding hydrogens is 296 g/mol. The van der Waals surface area contributed by atoms with Crippen molar-refractivity contribution in [3.63, 3.8) is 0 Å². The maximum absolute atomic E-state index is 12.7. The molecule has 112 valence electrons. The average Bonchev–Trinajstić information content (AvgIpc) is 2.94. The number of ketones is 1. The fourth-order valence-electron chi connectivity index (χ4n) is 3.41. The first-order valence-electron chi connectivity index (χ1n) is 7.81. The van der Waals surface area contributed by atoms with Gasteiger partial charge in [-0.1, -0.05) is 36.4 Å². The van der Waals surface area contributed by atoms with E-state index in [0.717, 1.165) is 44.4 Å².